The smallest absolute Gasteiger partial charge is 0.177 e. The lowest BCUT2D eigenvalue weighted by Crippen LogP contribution is -1.93. The molecule has 0 aliphatic heterocycles. The molecule has 4 nitrogen and oxygen atoms in total. The molecule has 2 heterocycles. The van der Waals surface area contributed by atoms with Crippen molar-refractivity contribution in [3.05, 3.63) is 29.7 Å². The molecule has 2 aromatic heterocycles. The van der Waals surface area contributed by atoms with Crippen LogP contribution in [0.5, 0.6) is 0 Å². The highest BCUT2D eigenvalue weighted by atomic mass is 16.3. The molecule has 0 saturated carbocycles. The Bertz CT molecular complexity index is 408. The standard InChI is InChI=1S/C8H8N3O/c1-6-3-2-4-8-9-7(5-12)10-11(6)8/h3-4,12H,5H2,1H3. The second-order valence-electron chi connectivity index (χ2n) is 2.55. The summed E-state index contributed by atoms with van der Waals surface area (Å²) in [5.74, 6) is 0.442. The van der Waals surface area contributed by atoms with Crippen molar-refractivity contribution in [3.63, 3.8) is 0 Å². The zero-order valence-electron chi connectivity index (χ0n) is 6.65. The molecule has 0 fully saturated rings. The minimum Gasteiger partial charge on any atom is -0.388 e. The van der Waals surface area contributed by atoms with Crippen LogP contribution in [0.15, 0.2) is 12.1 Å². The maximum Gasteiger partial charge on any atom is 0.177 e. The molecule has 0 bridgehead atoms. The summed E-state index contributed by atoms with van der Waals surface area (Å²) in [6, 6.07) is 6.49. The van der Waals surface area contributed by atoms with Gasteiger partial charge in [-0.25, -0.2) is 9.50 Å². The van der Waals surface area contributed by atoms with Gasteiger partial charge >= 0.3 is 0 Å². The molecule has 0 atom stereocenters. The van der Waals surface area contributed by atoms with Gasteiger partial charge in [-0.2, -0.15) is 0 Å². The zero-order valence-corrected chi connectivity index (χ0v) is 6.65. The highest BCUT2D eigenvalue weighted by Gasteiger charge is 2.02. The van der Waals surface area contributed by atoms with Crippen LogP contribution in [0.1, 0.15) is 11.5 Å². The van der Waals surface area contributed by atoms with Crippen LogP contribution in [0.3, 0.4) is 0 Å². The van der Waals surface area contributed by atoms with E-state index in [-0.39, 0.29) is 6.61 Å². The van der Waals surface area contributed by atoms with E-state index in [4.69, 9.17) is 5.11 Å². The maximum absolute atomic E-state index is 8.78. The number of aromatic nitrogens is 3. The summed E-state index contributed by atoms with van der Waals surface area (Å²) in [6.45, 7) is 1.79. The van der Waals surface area contributed by atoms with Crippen LogP contribution in [0.2, 0.25) is 0 Å². The number of fused-ring (bicyclic) bond motifs is 1. The summed E-state index contributed by atoms with van der Waals surface area (Å²) in [5, 5.41) is 12.8. The second kappa shape index (κ2) is 2.57. The third-order valence-electron chi connectivity index (χ3n) is 1.66. The summed E-state index contributed by atoms with van der Waals surface area (Å²) in [5.41, 5.74) is 1.68. The van der Waals surface area contributed by atoms with E-state index < -0.39 is 0 Å². The predicted octanol–water partition coefficient (Wildman–Crippen LogP) is 0.330. The average molecular weight is 162 g/mol. The molecule has 12 heavy (non-hydrogen) atoms. The first-order valence-electron chi connectivity index (χ1n) is 3.64. The van der Waals surface area contributed by atoms with Crippen molar-refractivity contribution in [2.75, 3.05) is 0 Å². The first-order valence-corrected chi connectivity index (χ1v) is 3.64. The number of aryl methyl sites for hydroxylation is 1. The number of rotatable bonds is 1. The maximum atomic E-state index is 8.78. The SMILES string of the molecule is Cc1c[c]cc2nc(CO)nn12. The van der Waals surface area contributed by atoms with Gasteiger partial charge in [0.05, 0.1) is 0 Å². The lowest BCUT2D eigenvalue weighted by molar-refractivity contribution is 0.271. The number of hydrogen-bond donors (Lipinski definition) is 1. The van der Waals surface area contributed by atoms with Crippen molar-refractivity contribution in [2.45, 2.75) is 13.5 Å². The van der Waals surface area contributed by atoms with Gasteiger partial charge in [0, 0.05) is 5.69 Å². The van der Waals surface area contributed by atoms with E-state index in [0.717, 1.165) is 11.3 Å². The van der Waals surface area contributed by atoms with E-state index in [9.17, 15) is 0 Å². The Labute approximate surface area is 69.5 Å². The van der Waals surface area contributed by atoms with Crippen molar-refractivity contribution >= 4 is 5.65 Å². The molecule has 0 amide bonds. The Hall–Kier alpha value is -1.42. The van der Waals surface area contributed by atoms with Crippen molar-refractivity contribution in [2.24, 2.45) is 0 Å². The predicted molar refractivity (Wildman–Crippen MR) is 42.5 cm³/mol. The van der Waals surface area contributed by atoms with E-state index in [2.05, 4.69) is 16.1 Å². The monoisotopic (exact) mass is 162 g/mol. The molecule has 1 N–H and O–H groups in total. The molecule has 0 aromatic carbocycles. The van der Waals surface area contributed by atoms with Gasteiger partial charge < -0.3 is 5.11 Å². The molecule has 0 spiro atoms. The molecule has 2 aromatic rings. The molecule has 0 unspecified atom stereocenters. The molecule has 1 radical (unpaired) electrons. The molecule has 0 saturated heterocycles. The largest absolute Gasteiger partial charge is 0.388 e. The average Bonchev–Trinajstić information content (AvgIpc) is 2.49. The van der Waals surface area contributed by atoms with Gasteiger partial charge in [0.2, 0.25) is 0 Å². The van der Waals surface area contributed by atoms with E-state index in [1.54, 1.807) is 10.6 Å². The Morgan fingerprint density at radius 2 is 2.42 bits per heavy atom. The number of hydrogen-bond acceptors (Lipinski definition) is 3. The Morgan fingerprint density at radius 3 is 3.08 bits per heavy atom. The minimum atomic E-state index is -0.124. The van der Waals surface area contributed by atoms with Crippen LogP contribution in [-0.4, -0.2) is 19.7 Å². The van der Waals surface area contributed by atoms with Crippen molar-refractivity contribution < 1.29 is 5.11 Å². The highest BCUT2D eigenvalue weighted by Crippen LogP contribution is 2.03. The fraction of sp³-hybridized carbons (Fsp3) is 0.250. The van der Waals surface area contributed by atoms with Gasteiger partial charge in [0.1, 0.15) is 6.61 Å². The van der Waals surface area contributed by atoms with Crippen LogP contribution < -0.4 is 0 Å². The highest BCUT2D eigenvalue weighted by molar-refractivity contribution is 5.37. The van der Waals surface area contributed by atoms with E-state index in [0.29, 0.717) is 5.82 Å². The summed E-state index contributed by atoms with van der Waals surface area (Å²) >= 11 is 0. The van der Waals surface area contributed by atoms with E-state index in [1.807, 2.05) is 13.0 Å². The molecule has 2 rings (SSSR count). The van der Waals surface area contributed by atoms with Crippen LogP contribution in [-0.2, 0) is 6.61 Å². The van der Waals surface area contributed by atoms with Crippen molar-refractivity contribution in [1.29, 1.82) is 0 Å². The summed E-state index contributed by atoms with van der Waals surface area (Å²) in [7, 11) is 0. The minimum absolute atomic E-state index is 0.124. The lowest BCUT2D eigenvalue weighted by atomic mass is 10.4. The summed E-state index contributed by atoms with van der Waals surface area (Å²) in [4.78, 5) is 4.06. The van der Waals surface area contributed by atoms with Crippen LogP contribution in [0, 0.1) is 13.0 Å². The fourth-order valence-corrected chi connectivity index (χ4v) is 1.09. The third-order valence-corrected chi connectivity index (χ3v) is 1.66. The topological polar surface area (TPSA) is 50.4 Å². The van der Waals surface area contributed by atoms with Crippen LogP contribution >= 0.6 is 0 Å². The van der Waals surface area contributed by atoms with E-state index >= 15 is 0 Å². The molecular weight excluding hydrogens is 154 g/mol. The first kappa shape index (κ1) is 7.24. The normalized spacial score (nSPS) is 10.8. The Balaban J connectivity index is 2.74. The number of aliphatic hydroxyl groups excluding tert-OH is 1. The fourth-order valence-electron chi connectivity index (χ4n) is 1.09. The Morgan fingerprint density at radius 1 is 1.58 bits per heavy atom. The molecule has 4 heteroatoms. The molecule has 0 aliphatic carbocycles. The number of nitrogens with zero attached hydrogens (tertiary/aromatic N) is 3. The molecule has 0 aliphatic rings. The van der Waals surface area contributed by atoms with Gasteiger partial charge in [-0.3, -0.25) is 0 Å². The zero-order chi connectivity index (χ0) is 8.55. The van der Waals surface area contributed by atoms with Gasteiger partial charge in [-0.1, -0.05) is 0 Å². The lowest BCUT2D eigenvalue weighted by Gasteiger charge is -1.93. The van der Waals surface area contributed by atoms with Crippen molar-refractivity contribution in [1.82, 2.24) is 14.6 Å². The molecule has 61 valence electrons. The quantitative estimate of drug-likeness (QED) is 0.657. The van der Waals surface area contributed by atoms with Gasteiger partial charge in [0.15, 0.2) is 11.5 Å². The Kier molecular flexibility index (Phi) is 1.55. The van der Waals surface area contributed by atoms with E-state index in [1.165, 1.54) is 0 Å². The summed E-state index contributed by atoms with van der Waals surface area (Å²) < 4.78 is 1.68. The van der Waals surface area contributed by atoms with Crippen molar-refractivity contribution in [3.8, 4) is 0 Å². The molecular formula is C8H8N3O. The second-order valence-corrected chi connectivity index (χ2v) is 2.55. The number of pyridine rings is 1. The van der Waals surface area contributed by atoms with Gasteiger partial charge in [-0.15, -0.1) is 5.10 Å². The van der Waals surface area contributed by atoms with Crippen LogP contribution in [0.25, 0.3) is 5.65 Å². The number of aliphatic hydroxyl groups is 1. The van der Waals surface area contributed by atoms with Crippen LogP contribution in [0.4, 0.5) is 0 Å². The van der Waals surface area contributed by atoms with Gasteiger partial charge in [0.25, 0.3) is 0 Å². The summed E-state index contributed by atoms with van der Waals surface area (Å²) in [6.07, 6.45) is 0. The van der Waals surface area contributed by atoms with Gasteiger partial charge in [-0.05, 0) is 25.1 Å². The first-order chi connectivity index (χ1) is 5.81. The third kappa shape index (κ3) is 0.967.